The van der Waals surface area contributed by atoms with Crippen molar-refractivity contribution in [2.75, 3.05) is 0 Å². The lowest BCUT2D eigenvalue weighted by molar-refractivity contribution is 1.24. The van der Waals surface area contributed by atoms with Gasteiger partial charge in [-0.05, 0) is 87.7 Å². The molecule has 162 valence electrons. The van der Waals surface area contributed by atoms with Gasteiger partial charge in [0.15, 0.2) is 0 Å². The van der Waals surface area contributed by atoms with Crippen LogP contribution in [0.3, 0.4) is 0 Å². The zero-order valence-corrected chi connectivity index (χ0v) is 18.8. The van der Waals surface area contributed by atoms with Crippen molar-refractivity contribution >= 4 is 38.5 Å². The highest BCUT2D eigenvalue weighted by Gasteiger charge is 2.28. The highest BCUT2D eigenvalue weighted by atomic mass is 15.0. The van der Waals surface area contributed by atoms with Crippen LogP contribution in [0.5, 0.6) is 0 Å². The van der Waals surface area contributed by atoms with Crippen molar-refractivity contribution in [1.29, 1.82) is 0 Å². The van der Waals surface area contributed by atoms with Gasteiger partial charge in [-0.1, -0.05) is 36.4 Å². The molecule has 0 N–H and O–H groups in total. The molecule has 0 bridgehead atoms. The van der Waals surface area contributed by atoms with Crippen LogP contribution in [0.1, 0.15) is 22.3 Å². The Kier molecular flexibility index (Phi) is 3.11. The van der Waals surface area contributed by atoms with Gasteiger partial charge in [0.1, 0.15) is 5.65 Å². The molecule has 4 aromatic heterocycles. The van der Waals surface area contributed by atoms with E-state index in [1.807, 2.05) is 30.7 Å². The minimum atomic E-state index is 0.949. The molecule has 0 spiro atoms. The number of nitrogens with zero attached hydrogens (tertiary/aromatic N) is 4. The van der Waals surface area contributed by atoms with Crippen LogP contribution >= 0.6 is 0 Å². The standard InChI is InChI=1S/C31H18N4/c1-2-5-21-17(4-1)12-19-15-24-20(14-23(19)21)13-18-7-8-22-29(28(18)24)31-34-25-9-11-32-16-27(25)35(31)26-6-3-10-33-30(22)26/h1-11,14-16H,12-13H2. The third-order valence-corrected chi connectivity index (χ3v) is 7.92. The molecule has 3 aromatic carbocycles. The highest BCUT2D eigenvalue weighted by Crippen LogP contribution is 2.48. The fourth-order valence-electron chi connectivity index (χ4n) is 6.46. The first-order valence-electron chi connectivity index (χ1n) is 12.0. The molecule has 2 aliphatic carbocycles. The molecular formula is C31H18N4. The molecule has 0 saturated carbocycles. The van der Waals surface area contributed by atoms with Crippen LogP contribution in [-0.2, 0) is 12.8 Å². The van der Waals surface area contributed by atoms with Crippen LogP contribution in [-0.4, -0.2) is 19.4 Å². The zero-order valence-electron chi connectivity index (χ0n) is 18.8. The molecule has 35 heavy (non-hydrogen) atoms. The second kappa shape index (κ2) is 6.10. The van der Waals surface area contributed by atoms with E-state index >= 15 is 0 Å². The molecule has 0 saturated heterocycles. The van der Waals surface area contributed by atoms with Gasteiger partial charge in [-0.15, -0.1) is 0 Å². The Balaban J connectivity index is 1.45. The van der Waals surface area contributed by atoms with E-state index in [4.69, 9.17) is 9.97 Å². The van der Waals surface area contributed by atoms with Crippen LogP contribution in [0.2, 0.25) is 0 Å². The van der Waals surface area contributed by atoms with E-state index < -0.39 is 0 Å². The molecule has 0 unspecified atom stereocenters. The smallest absolute Gasteiger partial charge is 0.147 e. The van der Waals surface area contributed by atoms with Gasteiger partial charge in [0.2, 0.25) is 0 Å². The Morgan fingerprint density at radius 2 is 1.57 bits per heavy atom. The number of imidazole rings is 1. The van der Waals surface area contributed by atoms with Crippen molar-refractivity contribution in [1.82, 2.24) is 19.4 Å². The van der Waals surface area contributed by atoms with Gasteiger partial charge in [0, 0.05) is 23.2 Å². The maximum Gasteiger partial charge on any atom is 0.147 e. The van der Waals surface area contributed by atoms with Crippen molar-refractivity contribution in [3.05, 3.63) is 108 Å². The van der Waals surface area contributed by atoms with Gasteiger partial charge in [-0.25, -0.2) is 4.98 Å². The summed E-state index contributed by atoms with van der Waals surface area (Å²) in [4.78, 5) is 14.4. The first kappa shape index (κ1) is 17.8. The second-order valence-corrected chi connectivity index (χ2v) is 9.71. The fourth-order valence-corrected chi connectivity index (χ4v) is 6.46. The van der Waals surface area contributed by atoms with Crippen LogP contribution in [0.25, 0.3) is 60.7 Å². The fraction of sp³-hybridized carbons (Fsp3) is 0.0645. The largest absolute Gasteiger partial charge is 0.289 e. The van der Waals surface area contributed by atoms with Crippen molar-refractivity contribution in [3.8, 4) is 22.3 Å². The summed E-state index contributed by atoms with van der Waals surface area (Å²) in [7, 11) is 0. The Morgan fingerprint density at radius 3 is 2.57 bits per heavy atom. The monoisotopic (exact) mass is 446 g/mol. The SMILES string of the molecule is c1ccc2c(c1)Cc1cc3c(cc1-2)Cc1ccc2c4ncccc4n4c5cnccc5nc4c2c1-3. The number of fused-ring (bicyclic) bond motifs is 15. The van der Waals surface area contributed by atoms with Crippen LogP contribution < -0.4 is 0 Å². The van der Waals surface area contributed by atoms with Crippen LogP contribution in [0.15, 0.2) is 85.3 Å². The van der Waals surface area contributed by atoms with Gasteiger partial charge in [0.05, 0.1) is 28.3 Å². The highest BCUT2D eigenvalue weighted by molar-refractivity contribution is 6.18. The van der Waals surface area contributed by atoms with Gasteiger partial charge >= 0.3 is 0 Å². The first-order valence-corrected chi connectivity index (χ1v) is 12.0. The average Bonchev–Trinajstić information content (AvgIpc) is 3.58. The normalized spacial score (nSPS) is 13.5. The van der Waals surface area contributed by atoms with Gasteiger partial charge in [-0.3, -0.25) is 14.4 Å². The average molecular weight is 447 g/mol. The Hall–Kier alpha value is -4.57. The molecule has 0 atom stereocenters. The van der Waals surface area contributed by atoms with Crippen molar-refractivity contribution in [3.63, 3.8) is 0 Å². The first-order chi connectivity index (χ1) is 17.3. The number of rotatable bonds is 0. The molecular weight excluding hydrogens is 428 g/mol. The molecule has 7 aromatic rings. The zero-order chi connectivity index (χ0) is 22.7. The van der Waals surface area contributed by atoms with Gasteiger partial charge in [0.25, 0.3) is 0 Å². The number of hydrogen-bond acceptors (Lipinski definition) is 3. The molecule has 2 aliphatic rings. The molecule has 4 heteroatoms. The Bertz CT molecular complexity index is 2070. The topological polar surface area (TPSA) is 43.1 Å². The number of benzene rings is 3. The quantitative estimate of drug-likeness (QED) is 0.243. The van der Waals surface area contributed by atoms with E-state index in [0.717, 1.165) is 45.9 Å². The summed E-state index contributed by atoms with van der Waals surface area (Å²) in [5.74, 6) is 0. The third-order valence-electron chi connectivity index (χ3n) is 7.92. The lowest BCUT2D eigenvalue weighted by atomic mass is 9.95. The summed E-state index contributed by atoms with van der Waals surface area (Å²) in [6.45, 7) is 0. The van der Waals surface area contributed by atoms with E-state index in [0.29, 0.717) is 0 Å². The van der Waals surface area contributed by atoms with Gasteiger partial charge < -0.3 is 0 Å². The number of aromatic nitrogens is 4. The summed E-state index contributed by atoms with van der Waals surface area (Å²) < 4.78 is 2.24. The predicted octanol–water partition coefficient (Wildman–Crippen LogP) is 6.73. The van der Waals surface area contributed by atoms with E-state index in [-0.39, 0.29) is 0 Å². The van der Waals surface area contributed by atoms with Crippen molar-refractivity contribution < 1.29 is 0 Å². The lowest BCUT2D eigenvalue weighted by Crippen LogP contribution is -1.95. The summed E-state index contributed by atoms with van der Waals surface area (Å²) in [6, 6.07) is 24.4. The molecule has 0 fully saturated rings. The molecule has 4 heterocycles. The molecule has 0 radical (unpaired) electrons. The maximum absolute atomic E-state index is 5.14. The van der Waals surface area contributed by atoms with E-state index in [1.54, 1.807) is 0 Å². The van der Waals surface area contributed by atoms with E-state index in [9.17, 15) is 0 Å². The molecule has 0 aliphatic heterocycles. The maximum atomic E-state index is 5.14. The summed E-state index contributed by atoms with van der Waals surface area (Å²) >= 11 is 0. The lowest BCUT2D eigenvalue weighted by Gasteiger charge is -2.13. The summed E-state index contributed by atoms with van der Waals surface area (Å²) in [5.41, 5.74) is 16.1. The van der Waals surface area contributed by atoms with Crippen LogP contribution in [0, 0.1) is 0 Å². The number of pyridine rings is 3. The minimum absolute atomic E-state index is 0.949. The summed E-state index contributed by atoms with van der Waals surface area (Å²) in [5, 5.41) is 2.35. The second-order valence-electron chi connectivity index (χ2n) is 9.71. The third kappa shape index (κ3) is 2.15. The minimum Gasteiger partial charge on any atom is -0.289 e. The van der Waals surface area contributed by atoms with Crippen molar-refractivity contribution in [2.24, 2.45) is 0 Å². The predicted molar refractivity (Wildman–Crippen MR) is 140 cm³/mol. The Morgan fingerprint density at radius 1 is 0.686 bits per heavy atom. The summed E-state index contributed by atoms with van der Waals surface area (Å²) in [6.07, 6.45) is 7.56. The Labute approximate surface area is 200 Å². The van der Waals surface area contributed by atoms with E-state index in [2.05, 4.69) is 64.0 Å². The van der Waals surface area contributed by atoms with E-state index in [1.165, 1.54) is 49.9 Å². The van der Waals surface area contributed by atoms with Crippen molar-refractivity contribution in [2.45, 2.75) is 12.8 Å². The van der Waals surface area contributed by atoms with Gasteiger partial charge in [-0.2, -0.15) is 0 Å². The molecule has 9 rings (SSSR count). The molecule has 0 amide bonds. The van der Waals surface area contributed by atoms with Crippen LogP contribution in [0.4, 0.5) is 0 Å². The molecule has 4 nitrogen and oxygen atoms in total. The number of hydrogen-bond donors (Lipinski definition) is 0.